The first-order valence-corrected chi connectivity index (χ1v) is 10.3. The number of aryl methyl sites for hydroxylation is 1. The number of carbonyl (C=O) groups is 2. The van der Waals surface area contributed by atoms with Crippen LogP contribution in [0, 0.1) is 6.92 Å². The predicted molar refractivity (Wildman–Crippen MR) is 125 cm³/mol. The highest BCUT2D eigenvalue weighted by Crippen LogP contribution is 2.49. The van der Waals surface area contributed by atoms with E-state index in [0.717, 1.165) is 40.8 Å². The van der Waals surface area contributed by atoms with Crippen molar-refractivity contribution in [1.82, 2.24) is 0 Å². The summed E-state index contributed by atoms with van der Waals surface area (Å²) in [5, 5.41) is 12.6. The van der Waals surface area contributed by atoms with Crippen LogP contribution in [0.4, 0.5) is 5.69 Å². The molecule has 6 heteroatoms. The van der Waals surface area contributed by atoms with E-state index in [2.05, 4.69) is 5.32 Å². The number of hydrogen-bond donors (Lipinski definition) is 2. The van der Waals surface area contributed by atoms with Crippen LogP contribution in [-0.4, -0.2) is 24.1 Å². The Morgan fingerprint density at radius 2 is 1.74 bits per heavy atom. The lowest BCUT2D eigenvalue weighted by atomic mass is 9.94. The van der Waals surface area contributed by atoms with Gasteiger partial charge in [-0.05, 0) is 72.9 Å². The zero-order chi connectivity index (χ0) is 22.2. The molecule has 1 fully saturated rings. The molecule has 0 spiro atoms. The van der Waals surface area contributed by atoms with Crippen molar-refractivity contribution in [3.63, 3.8) is 0 Å². The van der Waals surface area contributed by atoms with Crippen LogP contribution in [0.25, 0.3) is 11.1 Å². The minimum absolute atomic E-state index is 0. The number of benzene rings is 3. The molecule has 1 amide bonds. The van der Waals surface area contributed by atoms with Gasteiger partial charge in [0.15, 0.2) is 0 Å². The Balaban J connectivity index is 0.00000193. The maximum atomic E-state index is 13.1. The van der Waals surface area contributed by atoms with Crippen LogP contribution in [-0.2, 0) is 10.2 Å². The predicted octanol–water partition coefficient (Wildman–Crippen LogP) is 6.18. The summed E-state index contributed by atoms with van der Waals surface area (Å²) in [6.07, 6.45) is 1.60. The Morgan fingerprint density at radius 3 is 2.32 bits per heavy atom. The Bertz CT molecular complexity index is 1180. The van der Waals surface area contributed by atoms with Gasteiger partial charge in [0.1, 0.15) is 5.75 Å². The van der Waals surface area contributed by atoms with E-state index in [1.165, 1.54) is 12.1 Å². The lowest BCUT2D eigenvalue weighted by molar-refractivity contribution is -0.118. The molecule has 0 atom stereocenters. The van der Waals surface area contributed by atoms with Crippen molar-refractivity contribution >= 4 is 29.2 Å². The number of halogens is 1. The zero-order valence-electron chi connectivity index (χ0n) is 17.2. The van der Waals surface area contributed by atoms with Gasteiger partial charge in [-0.25, -0.2) is 4.79 Å². The van der Waals surface area contributed by atoms with Gasteiger partial charge in [-0.1, -0.05) is 35.9 Å². The molecule has 0 bridgehead atoms. The topological polar surface area (TPSA) is 75.6 Å². The van der Waals surface area contributed by atoms with E-state index in [4.69, 9.17) is 21.4 Å². The molecule has 1 aliphatic carbocycles. The van der Waals surface area contributed by atoms with Gasteiger partial charge >= 0.3 is 5.97 Å². The summed E-state index contributed by atoms with van der Waals surface area (Å²) in [7, 11) is 1.62. The van der Waals surface area contributed by atoms with Crippen molar-refractivity contribution in [1.29, 1.82) is 0 Å². The number of methoxy groups -OCH3 is 1. The van der Waals surface area contributed by atoms with Crippen LogP contribution >= 0.6 is 11.6 Å². The van der Waals surface area contributed by atoms with Crippen molar-refractivity contribution in [3.8, 4) is 16.9 Å². The van der Waals surface area contributed by atoms with Gasteiger partial charge in [0.05, 0.1) is 18.1 Å². The molecule has 162 valence electrons. The van der Waals surface area contributed by atoms with Gasteiger partial charge in [0.2, 0.25) is 5.91 Å². The minimum atomic E-state index is -1.03. The van der Waals surface area contributed by atoms with Crippen molar-refractivity contribution in [2.75, 3.05) is 12.4 Å². The largest absolute Gasteiger partial charge is 0.497 e. The van der Waals surface area contributed by atoms with Gasteiger partial charge in [0.25, 0.3) is 0 Å². The molecule has 3 aromatic rings. The quantitative estimate of drug-likeness (QED) is 0.480. The molecule has 2 N–H and O–H groups in total. The number of anilines is 1. The first kappa shape index (κ1) is 20.9. The molecule has 31 heavy (non-hydrogen) atoms. The summed E-state index contributed by atoms with van der Waals surface area (Å²) in [4.78, 5) is 24.3. The van der Waals surface area contributed by atoms with E-state index >= 15 is 0 Å². The van der Waals surface area contributed by atoms with Gasteiger partial charge < -0.3 is 15.2 Å². The van der Waals surface area contributed by atoms with Crippen molar-refractivity contribution in [2.45, 2.75) is 25.2 Å². The van der Waals surface area contributed by atoms with Gasteiger partial charge in [0, 0.05) is 19.1 Å². The Hall–Kier alpha value is -3.31. The number of carbonyl (C=O) groups excluding carboxylic acids is 1. The molecular weight excluding hydrogens is 414 g/mol. The number of nitrogens with one attached hydrogen (secondary N) is 1. The van der Waals surface area contributed by atoms with Crippen LogP contribution in [0.3, 0.4) is 0 Å². The fraction of sp³-hybridized carbons (Fsp3) is 0.200. The van der Waals surface area contributed by atoms with Crippen LogP contribution in [0.1, 0.15) is 37.2 Å². The Kier molecular flexibility index (Phi) is 5.46. The fourth-order valence-electron chi connectivity index (χ4n) is 3.79. The zero-order valence-corrected chi connectivity index (χ0v) is 18.0. The highest BCUT2D eigenvalue weighted by Gasteiger charge is 2.51. The molecule has 0 unspecified atom stereocenters. The summed E-state index contributed by atoms with van der Waals surface area (Å²) in [6, 6.07) is 17.9. The summed E-state index contributed by atoms with van der Waals surface area (Å²) in [5.41, 5.74) is 3.79. The SMILES string of the molecule is COc1ccc(C2(C(=O)Nc3ccc(C)c(-c4ccc(C(=O)O)cc4Cl)c3)CC2)cc1.[HH].[HH]. The second-order valence-corrected chi connectivity index (χ2v) is 8.20. The fourth-order valence-corrected chi connectivity index (χ4v) is 4.07. The van der Waals surface area contributed by atoms with Crippen LogP contribution in [0.5, 0.6) is 5.75 Å². The van der Waals surface area contributed by atoms with Gasteiger partial charge in [-0.2, -0.15) is 0 Å². The first-order chi connectivity index (χ1) is 14.8. The highest BCUT2D eigenvalue weighted by molar-refractivity contribution is 6.33. The first-order valence-electron chi connectivity index (χ1n) is 9.94. The molecule has 5 nitrogen and oxygen atoms in total. The summed E-state index contributed by atoms with van der Waals surface area (Å²) >= 11 is 6.36. The van der Waals surface area contributed by atoms with Crippen LogP contribution in [0.2, 0.25) is 5.02 Å². The average molecular weight is 440 g/mol. The van der Waals surface area contributed by atoms with Crippen molar-refractivity contribution in [2.24, 2.45) is 0 Å². The third-order valence-corrected chi connectivity index (χ3v) is 6.14. The normalized spacial score (nSPS) is 14.0. The molecule has 0 radical (unpaired) electrons. The molecule has 1 saturated carbocycles. The number of hydrogen-bond acceptors (Lipinski definition) is 3. The van der Waals surface area contributed by atoms with E-state index in [0.29, 0.717) is 10.7 Å². The maximum Gasteiger partial charge on any atom is 0.335 e. The highest BCUT2D eigenvalue weighted by atomic mass is 35.5. The lowest BCUT2D eigenvalue weighted by Crippen LogP contribution is -2.27. The molecule has 0 heterocycles. The number of rotatable bonds is 6. The second-order valence-electron chi connectivity index (χ2n) is 7.79. The van der Waals surface area contributed by atoms with Gasteiger partial charge in [-0.15, -0.1) is 0 Å². The monoisotopic (exact) mass is 439 g/mol. The molecule has 0 aromatic heterocycles. The minimum Gasteiger partial charge on any atom is -0.497 e. The summed E-state index contributed by atoms with van der Waals surface area (Å²) in [6.45, 7) is 1.95. The second kappa shape index (κ2) is 8.08. The van der Waals surface area contributed by atoms with E-state index in [1.807, 2.05) is 49.4 Å². The van der Waals surface area contributed by atoms with Gasteiger partial charge in [-0.3, -0.25) is 4.79 Å². The summed E-state index contributed by atoms with van der Waals surface area (Å²) in [5.74, 6) is -0.312. The summed E-state index contributed by atoms with van der Waals surface area (Å²) < 4.78 is 5.21. The molecular formula is C25H26ClNO4. The molecule has 1 aliphatic rings. The van der Waals surface area contributed by atoms with E-state index in [-0.39, 0.29) is 14.3 Å². The van der Waals surface area contributed by atoms with E-state index in [9.17, 15) is 9.59 Å². The number of amides is 1. The maximum absolute atomic E-state index is 13.1. The van der Waals surface area contributed by atoms with Crippen molar-refractivity contribution < 1.29 is 22.3 Å². The average Bonchev–Trinajstić information content (AvgIpc) is 3.57. The Morgan fingerprint density at radius 1 is 1.03 bits per heavy atom. The molecule has 4 rings (SSSR count). The Labute approximate surface area is 188 Å². The number of ether oxygens (including phenoxy) is 1. The van der Waals surface area contributed by atoms with Crippen LogP contribution in [0.15, 0.2) is 60.7 Å². The molecule has 0 aliphatic heterocycles. The van der Waals surface area contributed by atoms with E-state index in [1.54, 1.807) is 13.2 Å². The third-order valence-electron chi connectivity index (χ3n) is 5.83. The van der Waals surface area contributed by atoms with Crippen LogP contribution < -0.4 is 10.1 Å². The van der Waals surface area contributed by atoms with Crippen molar-refractivity contribution in [3.05, 3.63) is 82.4 Å². The molecule has 3 aromatic carbocycles. The molecule has 0 saturated heterocycles. The standard InChI is InChI=1S/C25H22ClNO4.2H2/c1-15-3-7-18(14-21(15)20-10-4-16(23(28)29)13-22(20)26)27-24(30)25(11-12-25)17-5-8-19(31-2)9-6-17;;/h3-10,13-14H,11-12H2,1-2H3,(H,27,30)(H,28,29);2*1H. The number of carboxylic acids is 1. The number of carboxylic acid groups (broad SMARTS) is 1. The smallest absolute Gasteiger partial charge is 0.335 e. The van der Waals surface area contributed by atoms with E-state index < -0.39 is 11.4 Å². The lowest BCUT2D eigenvalue weighted by Gasteiger charge is -2.17. The third kappa shape index (κ3) is 4.01. The number of aromatic carboxylic acids is 1.